The fraction of sp³-hybridized carbons (Fsp3) is 0.455. The Hall–Kier alpha value is -1.46. The summed E-state index contributed by atoms with van der Waals surface area (Å²) < 4.78 is 15.6. The molecular weight excluding hydrogens is 208 g/mol. The second kappa shape index (κ2) is 5.58. The number of benzene rings is 1. The van der Waals surface area contributed by atoms with Crippen molar-refractivity contribution in [3.8, 4) is 17.2 Å². The van der Waals surface area contributed by atoms with Crippen LogP contribution in [0.15, 0.2) is 12.1 Å². The van der Waals surface area contributed by atoms with E-state index in [2.05, 4.69) is 0 Å². The molecule has 0 saturated heterocycles. The van der Waals surface area contributed by atoms with Gasteiger partial charge in [-0.1, -0.05) is 0 Å². The topological polar surface area (TPSA) is 79.7 Å². The number of rotatable bonds is 5. The first kappa shape index (κ1) is 12.6. The quantitative estimate of drug-likeness (QED) is 0.771. The van der Waals surface area contributed by atoms with E-state index in [-0.39, 0.29) is 6.04 Å². The molecule has 1 rings (SSSR count). The summed E-state index contributed by atoms with van der Waals surface area (Å²) in [6.45, 7) is 0.360. The van der Waals surface area contributed by atoms with E-state index < -0.39 is 0 Å². The lowest BCUT2D eigenvalue weighted by atomic mass is 10.1. The van der Waals surface area contributed by atoms with Crippen LogP contribution in [0.25, 0.3) is 0 Å². The number of methoxy groups -OCH3 is 3. The van der Waals surface area contributed by atoms with E-state index in [0.717, 1.165) is 5.56 Å². The monoisotopic (exact) mass is 226 g/mol. The zero-order valence-corrected chi connectivity index (χ0v) is 9.82. The third-order valence-corrected chi connectivity index (χ3v) is 2.37. The van der Waals surface area contributed by atoms with E-state index >= 15 is 0 Å². The van der Waals surface area contributed by atoms with Crippen molar-refractivity contribution in [2.75, 3.05) is 27.9 Å². The summed E-state index contributed by atoms with van der Waals surface area (Å²) in [6.07, 6.45) is 0. The van der Waals surface area contributed by atoms with Crippen LogP contribution in [0.5, 0.6) is 17.2 Å². The van der Waals surface area contributed by atoms with Gasteiger partial charge in [-0.05, 0) is 17.7 Å². The van der Waals surface area contributed by atoms with Crippen LogP contribution in [-0.2, 0) is 0 Å². The van der Waals surface area contributed by atoms with Gasteiger partial charge in [0.25, 0.3) is 0 Å². The lowest BCUT2D eigenvalue weighted by Crippen LogP contribution is -2.20. The van der Waals surface area contributed by atoms with Crippen molar-refractivity contribution < 1.29 is 14.2 Å². The molecule has 5 heteroatoms. The summed E-state index contributed by atoms with van der Waals surface area (Å²) in [4.78, 5) is 0. The van der Waals surface area contributed by atoms with E-state index in [1.807, 2.05) is 0 Å². The highest BCUT2D eigenvalue weighted by Crippen LogP contribution is 2.39. The van der Waals surface area contributed by atoms with Crippen molar-refractivity contribution in [3.63, 3.8) is 0 Å². The highest BCUT2D eigenvalue weighted by Gasteiger charge is 2.15. The molecule has 1 atom stereocenters. The zero-order valence-electron chi connectivity index (χ0n) is 9.82. The molecule has 0 aliphatic heterocycles. The zero-order chi connectivity index (χ0) is 12.1. The molecule has 0 aromatic heterocycles. The molecular formula is C11H18N2O3. The van der Waals surface area contributed by atoms with Gasteiger partial charge in [-0.3, -0.25) is 0 Å². The molecule has 0 aliphatic carbocycles. The minimum absolute atomic E-state index is 0.242. The normalized spacial score (nSPS) is 12.1. The van der Waals surface area contributed by atoms with Gasteiger partial charge in [-0.25, -0.2) is 0 Å². The third-order valence-electron chi connectivity index (χ3n) is 2.37. The van der Waals surface area contributed by atoms with Crippen molar-refractivity contribution in [1.29, 1.82) is 0 Å². The van der Waals surface area contributed by atoms with E-state index in [9.17, 15) is 0 Å². The Balaban J connectivity index is 3.25. The predicted octanol–water partition coefficient (Wildman–Crippen LogP) is 0.671. The Morgan fingerprint density at radius 1 is 1.06 bits per heavy atom. The molecule has 0 spiro atoms. The molecule has 0 saturated carbocycles. The van der Waals surface area contributed by atoms with Crippen molar-refractivity contribution >= 4 is 0 Å². The van der Waals surface area contributed by atoms with E-state index in [4.69, 9.17) is 25.7 Å². The predicted molar refractivity (Wildman–Crippen MR) is 62.1 cm³/mol. The molecule has 1 aromatic rings. The maximum atomic E-state index is 5.86. The van der Waals surface area contributed by atoms with Gasteiger partial charge in [-0.15, -0.1) is 0 Å². The van der Waals surface area contributed by atoms with Crippen LogP contribution in [-0.4, -0.2) is 27.9 Å². The maximum absolute atomic E-state index is 5.86. The van der Waals surface area contributed by atoms with Gasteiger partial charge in [0.15, 0.2) is 11.5 Å². The molecule has 4 N–H and O–H groups in total. The summed E-state index contributed by atoms with van der Waals surface area (Å²) >= 11 is 0. The summed E-state index contributed by atoms with van der Waals surface area (Å²) in [5.74, 6) is 1.72. The molecule has 1 aromatic carbocycles. The third kappa shape index (κ3) is 2.37. The summed E-state index contributed by atoms with van der Waals surface area (Å²) in [7, 11) is 4.69. The van der Waals surface area contributed by atoms with Crippen molar-refractivity contribution in [2.45, 2.75) is 6.04 Å². The number of hydrogen-bond donors (Lipinski definition) is 2. The van der Waals surface area contributed by atoms with Crippen LogP contribution in [0.3, 0.4) is 0 Å². The Labute approximate surface area is 95.3 Å². The molecule has 0 heterocycles. The van der Waals surface area contributed by atoms with E-state index in [1.165, 1.54) is 0 Å². The van der Waals surface area contributed by atoms with Crippen molar-refractivity contribution in [3.05, 3.63) is 17.7 Å². The lowest BCUT2D eigenvalue weighted by molar-refractivity contribution is 0.323. The van der Waals surface area contributed by atoms with Gasteiger partial charge in [0.05, 0.1) is 21.3 Å². The summed E-state index contributed by atoms with van der Waals surface area (Å²) in [5.41, 5.74) is 12.2. The SMILES string of the molecule is COc1cc([C@H](N)CN)cc(OC)c1OC. The molecule has 0 aliphatic rings. The maximum Gasteiger partial charge on any atom is 0.203 e. The Morgan fingerprint density at radius 2 is 1.56 bits per heavy atom. The van der Waals surface area contributed by atoms with E-state index in [1.54, 1.807) is 33.5 Å². The second-order valence-electron chi connectivity index (χ2n) is 3.30. The fourth-order valence-corrected chi connectivity index (χ4v) is 1.45. The summed E-state index contributed by atoms with van der Waals surface area (Å²) in [6, 6.07) is 3.37. The smallest absolute Gasteiger partial charge is 0.203 e. The second-order valence-corrected chi connectivity index (χ2v) is 3.30. The average Bonchev–Trinajstić information content (AvgIpc) is 2.35. The standard InChI is InChI=1S/C11H18N2O3/c1-14-9-4-7(8(13)6-12)5-10(15-2)11(9)16-3/h4-5,8H,6,12-13H2,1-3H3/t8-/m1/s1. The Kier molecular flexibility index (Phi) is 4.39. The number of nitrogens with two attached hydrogens (primary N) is 2. The van der Waals surface area contributed by atoms with Crippen LogP contribution in [0.4, 0.5) is 0 Å². The minimum atomic E-state index is -0.242. The largest absolute Gasteiger partial charge is 0.493 e. The first-order valence-corrected chi connectivity index (χ1v) is 4.93. The minimum Gasteiger partial charge on any atom is -0.493 e. The van der Waals surface area contributed by atoms with Crippen LogP contribution in [0, 0.1) is 0 Å². The van der Waals surface area contributed by atoms with Crippen LogP contribution >= 0.6 is 0 Å². The Morgan fingerprint density at radius 3 is 1.88 bits per heavy atom. The molecule has 0 radical (unpaired) electrons. The molecule has 90 valence electrons. The first-order valence-electron chi connectivity index (χ1n) is 4.93. The van der Waals surface area contributed by atoms with Crippen LogP contribution < -0.4 is 25.7 Å². The average molecular weight is 226 g/mol. The van der Waals surface area contributed by atoms with Gasteiger partial charge in [0.1, 0.15) is 0 Å². The molecule has 0 bridgehead atoms. The first-order chi connectivity index (χ1) is 7.67. The molecule has 5 nitrogen and oxygen atoms in total. The van der Waals surface area contributed by atoms with Gasteiger partial charge in [0.2, 0.25) is 5.75 Å². The van der Waals surface area contributed by atoms with Gasteiger partial charge in [-0.2, -0.15) is 0 Å². The molecule has 16 heavy (non-hydrogen) atoms. The van der Waals surface area contributed by atoms with Crippen molar-refractivity contribution in [1.82, 2.24) is 0 Å². The van der Waals surface area contributed by atoms with Crippen molar-refractivity contribution in [2.24, 2.45) is 11.5 Å². The summed E-state index contributed by atoms with van der Waals surface area (Å²) in [5, 5.41) is 0. The lowest BCUT2D eigenvalue weighted by Gasteiger charge is -2.16. The molecule has 0 fully saturated rings. The molecule has 0 unspecified atom stereocenters. The number of ether oxygens (including phenoxy) is 3. The van der Waals surface area contributed by atoms with Gasteiger partial charge < -0.3 is 25.7 Å². The van der Waals surface area contributed by atoms with Gasteiger partial charge in [0, 0.05) is 12.6 Å². The molecule has 0 amide bonds. The van der Waals surface area contributed by atoms with Crippen LogP contribution in [0.1, 0.15) is 11.6 Å². The number of hydrogen-bond acceptors (Lipinski definition) is 5. The highest BCUT2D eigenvalue weighted by atomic mass is 16.5. The highest BCUT2D eigenvalue weighted by molar-refractivity contribution is 5.54. The Bertz CT molecular complexity index is 330. The van der Waals surface area contributed by atoms with Gasteiger partial charge >= 0.3 is 0 Å². The fourth-order valence-electron chi connectivity index (χ4n) is 1.45. The van der Waals surface area contributed by atoms with Crippen LogP contribution in [0.2, 0.25) is 0 Å². The van der Waals surface area contributed by atoms with E-state index in [0.29, 0.717) is 23.8 Å².